The smallest absolute Gasteiger partial charge is 0.150 e. The highest BCUT2D eigenvalue weighted by molar-refractivity contribution is 6.42. The number of aromatic nitrogens is 4. The number of nitrogens with zero attached hydrogens (tertiary/aromatic N) is 5. The zero-order chi connectivity index (χ0) is 20.3. The molecule has 0 saturated carbocycles. The number of fused-ring (bicyclic) bond motifs is 2. The van der Waals surface area contributed by atoms with Crippen LogP contribution in [0.3, 0.4) is 0 Å². The van der Waals surface area contributed by atoms with Gasteiger partial charge in [0.2, 0.25) is 0 Å². The van der Waals surface area contributed by atoms with Gasteiger partial charge in [-0.2, -0.15) is 5.10 Å². The second kappa shape index (κ2) is 6.68. The molecule has 2 unspecified atom stereocenters. The quantitative estimate of drug-likeness (QED) is 0.412. The summed E-state index contributed by atoms with van der Waals surface area (Å²) < 4.78 is 17.6. The number of halogens is 3. The van der Waals surface area contributed by atoms with E-state index in [2.05, 4.69) is 5.10 Å². The summed E-state index contributed by atoms with van der Waals surface area (Å²) in [6.45, 7) is 1.98. The van der Waals surface area contributed by atoms with Crippen LogP contribution in [-0.2, 0) is 7.05 Å². The second-order valence-corrected chi connectivity index (χ2v) is 7.96. The number of rotatable bonds is 2. The Morgan fingerprint density at radius 2 is 1.86 bits per heavy atom. The van der Waals surface area contributed by atoms with E-state index in [-0.39, 0.29) is 17.8 Å². The molecule has 2 aromatic carbocycles. The molecular weight excluding hydrogens is 412 g/mol. The van der Waals surface area contributed by atoms with Crippen molar-refractivity contribution in [2.75, 3.05) is 0 Å². The third-order valence-corrected chi connectivity index (χ3v) is 6.15. The number of imidazole rings is 1. The molecule has 4 aromatic rings. The molecule has 8 heteroatoms. The number of aliphatic imine (C=N–C) groups is 1. The minimum atomic E-state index is -0.295. The van der Waals surface area contributed by atoms with Gasteiger partial charge in [0.15, 0.2) is 5.82 Å². The Labute approximate surface area is 176 Å². The maximum absolute atomic E-state index is 13.8. The highest BCUT2D eigenvalue weighted by Gasteiger charge is 2.37. The van der Waals surface area contributed by atoms with E-state index in [4.69, 9.17) is 33.2 Å². The lowest BCUT2D eigenvalue weighted by Gasteiger charge is -2.32. The Morgan fingerprint density at radius 1 is 1.03 bits per heavy atom. The SMILES string of the molecule is CC1=Nc2ccnn2C(c2ccc(Cl)c(Cl)c2)C1c1nc2ccc(F)cc2n1C. The molecule has 0 bridgehead atoms. The first-order valence-electron chi connectivity index (χ1n) is 9.09. The minimum Gasteiger partial charge on any atom is -0.330 e. The Bertz CT molecular complexity index is 1290. The van der Waals surface area contributed by atoms with Crippen molar-refractivity contribution in [3.8, 4) is 0 Å². The molecule has 1 aliphatic heterocycles. The lowest BCUT2D eigenvalue weighted by atomic mass is 9.87. The molecule has 29 heavy (non-hydrogen) atoms. The monoisotopic (exact) mass is 427 g/mol. The van der Waals surface area contributed by atoms with Crippen LogP contribution in [0.1, 0.15) is 30.3 Å². The summed E-state index contributed by atoms with van der Waals surface area (Å²) in [5, 5.41) is 5.48. The van der Waals surface area contributed by atoms with Gasteiger partial charge in [-0.25, -0.2) is 19.0 Å². The van der Waals surface area contributed by atoms with Gasteiger partial charge < -0.3 is 4.57 Å². The van der Waals surface area contributed by atoms with Gasteiger partial charge in [0.05, 0.1) is 39.2 Å². The van der Waals surface area contributed by atoms with Crippen LogP contribution in [0.4, 0.5) is 10.2 Å². The number of aryl methyl sites for hydroxylation is 1. The Morgan fingerprint density at radius 3 is 2.66 bits per heavy atom. The van der Waals surface area contributed by atoms with Crippen molar-refractivity contribution < 1.29 is 4.39 Å². The molecule has 0 aliphatic carbocycles. The number of hydrogen-bond acceptors (Lipinski definition) is 3. The number of hydrogen-bond donors (Lipinski definition) is 0. The molecule has 2 atom stereocenters. The molecule has 0 amide bonds. The first-order chi connectivity index (χ1) is 13.9. The molecule has 0 spiro atoms. The molecule has 5 rings (SSSR count). The molecule has 5 nitrogen and oxygen atoms in total. The molecule has 1 aliphatic rings. The highest BCUT2D eigenvalue weighted by atomic mass is 35.5. The summed E-state index contributed by atoms with van der Waals surface area (Å²) in [6.07, 6.45) is 1.73. The zero-order valence-corrected chi connectivity index (χ0v) is 17.2. The van der Waals surface area contributed by atoms with Crippen molar-refractivity contribution >= 4 is 45.8 Å². The standard InChI is InChI=1S/C21H16Cl2FN5/c1-11-19(21-27-16-6-4-13(24)10-17(16)28(21)2)20(29-18(26-11)7-8-25-29)12-3-5-14(22)15(23)9-12/h3-10,19-20H,1-2H3. The van der Waals surface area contributed by atoms with Gasteiger partial charge in [0.1, 0.15) is 11.6 Å². The molecule has 0 fully saturated rings. The van der Waals surface area contributed by atoms with Crippen molar-refractivity contribution in [3.05, 3.63) is 75.9 Å². The van der Waals surface area contributed by atoms with Crippen LogP contribution in [0.25, 0.3) is 11.0 Å². The summed E-state index contributed by atoms with van der Waals surface area (Å²) in [4.78, 5) is 9.55. The largest absolute Gasteiger partial charge is 0.330 e. The van der Waals surface area contributed by atoms with Crippen LogP contribution >= 0.6 is 23.2 Å². The van der Waals surface area contributed by atoms with Gasteiger partial charge in [-0.15, -0.1) is 0 Å². The Kier molecular flexibility index (Phi) is 4.22. The summed E-state index contributed by atoms with van der Waals surface area (Å²) in [7, 11) is 1.89. The molecule has 0 saturated heterocycles. The molecule has 3 heterocycles. The van der Waals surface area contributed by atoms with Gasteiger partial charge in [-0.05, 0) is 42.8 Å². The van der Waals surface area contributed by atoms with Gasteiger partial charge in [0, 0.05) is 18.8 Å². The lowest BCUT2D eigenvalue weighted by molar-refractivity contribution is 0.470. The molecule has 2 aromatic heterocycles. The van der Waals surface area contributed by atoms with E-state index in [1.807, 2.05) is 41.4 Å². The van der Waals surface area contributed by atoms with Gasteiger partial charge in [-0.3, -0.25) is 0 Å². The zero-order valence-electron chi connectivity index (χ0n) is 15.6. The Balaban J connectivity index is 1.75. The molecule has 0 N–H and O–H groups in total. The predicted molar refractivity (Wildman–Crippen MR) is 113 cm³/mol. The normalized spacial score (nSPS) is 18.7. The average molecular weight is 428 g/mol. The fourth-order valence-electron chi connectivity index (χ4n) is 4.05. The summed E-state index contributed by atoms with van der Waals surface area (Å²) in [5.74, 6) is 1.04. The van der Waals surface area contributed by atoms with Crippen LogP contribution in [0.2, 0.25) is 10.0 Å². The maximum Gasteiger partial charge on any atom is 0.150 e. The van der Waals surface area contributed by atoms with Crippen LogP contribution in [-0.4, -0.2) is 25.0 Å². The molecule has 0 radical (unpaired) electrons. The highest BCUT2D eigenvalue weighted by Crippen LogP contribution is 2.43. The summed E-state index contributed by atoms with van der Waals surface area (Å²) >= 11 is 12.5. The third kappa shape index (κ3) is 2.86. The van der Waals surface area contributed by atoms with E-state index in [0.29, 0.717) is 10.0 Å². The Hall–Kier alpha value is -2.70. The minimum absolute atomic E-state index is 0.208. The first-order valence-corrected chi connectivity index (χ1v) is 9.85. The second-order valence-electron chi connectivity index (χ2n) is 7.15. The van der Waals surface area contributed by atoms with E-state index in [1.165, 1.54) is 12.1 Å². The van der Waals surface area contributed by atoms with Gasteiger partial charge in [0.25, 0.3) is 0 Å². The van der Waals surface area contributed by atoms with Crippen molar-refractivity contribution in [2.24, 2.45) is 12.0 Å². The van der Waals surface area contributed by atoms with E-state index in [1.54, 1.807) is 18.3 Å². The van der Waals surface area contributed by atoms with E-state index >= 15 is 0 Å². The summed E-state index contributed by atoms with van der Waals surface area (Å²) in [6, 6.07) is 11.8. The van der Waals surface area contributed by atoms with Crippen LogP contribution in [0, 0.1) is 5.82 Å². The van der Waals surface area contributed by atoms with E-state index < -0.39 is 0 Å². The predicted octanol–water partition coefficient (Wildman–Crippen LogP) is 5.69. The molecular formula is C21H16Cl2FN5. The molecule has 146 valence electrons. The van der Waals surface area contributed by atoms with Crippen LogP contribution in [0.5, 0.6) is 0 Å². The van der Waals surface area contributed by atoms with E-state index in [0.717, 1.165) is 34.0 Å². The summed E-state index contributed by atoms with van der Waals surface area (Å²) in [5.41, 5.74) is 3.30. The average Bonchev–Trinajstić information content (AvgIpc) is 3.27. The van der Waals surface area contributed by atoms with Gasteiger partial charge in [-0.1, -0.05) is 29.3 Å². The topological polar surface area (TPSA) is 48.0 Å². The van der Waals surface area contributed by atoms with Crippen molar-refractivity contribution in [3.63, 3.8) is 0 Å². The van der Waals surface area contributed by atoms with E-state index in [9.17, 15) is 4.39 Å². The van der Waals surface area contributed by atoms with Crippen LogP contribution in [0.15, 0.2) is 53.7 Å². The van der Waals surface area contributed by atoms with Gasteiger partial charge >= 0.3 is 0 Å². The van der Waals surface area contributed by atoms with Crippen molar-refractivity contribution in [1.82, 2.24) is 19.3 Å². The van der Waals surface area contributed by atoms with Crippen molar-refractivity contribution in [1.29, 1.82) is 0 Å². The fourth-order valence-corrected chi connectivity index (χ4v) is 4.35. The fraction of sp³-hybridized carbons (Fsp3) is 0.190. The third-order valence-electron chi connectivity index (χ3n) is 5.41. The maximum atomic E-state index is 13.8. The number of benzene rings is 2. The van der Waals surface area contributed by atoms with Crippen molar-refractivity contribution in [2.45, 2.75) is 18.9 Å². The van der Waals surface area contributed by atoms with Crippen LogP contribution < -0.4 is 0 Å². The lowest BCUT2D eigenvalue weighted by Crippen LogP contribution is -2.30. The first kappa shape index (κ1) is 18.3.